The summed E-state index contributed by atoms with van der Waals surface area (Å²) in [5, 5.41) is 6.83. The van der Waals surface area contributed by atoms with Crippen LogP contribution < -0.4 is 10.6 Å². The van der Waals surface area contributed by atoms with Crippen LogP contribution in [0.3, 0.4) is 0 Å². The minimum atomic E-state index is 0.336. The van der Waals surface area contributed by atoms with E-state index in [1.54, 1.807) is 7.11 Å². The van der Waals surface area contributed by atoms with E-state index in [1.807, 2.05) is 6.07 Å². The third-order valence-electron chi connectivity index (χ3n) is 4.04. The van der Waals surface area contributed by atoms with E-state index in [0.29, 0.717) is 30.7 Å². The number of nitrogens with zero attached hydrogens (tertiary/aromatic N) is 2. The Hall–Kier alpha value is -1.40. The van der Waals surface area contributed by atoms with Crippen LogP contribution in [-0.4, -0.2) is 41.9 Å². The summed E-state index contributed by atoms with van der Waals surface area (Å²) in [5.41, 5.74) is 0. The molecule has 3 heterocycles. The first-order chi connectivity index (χ1) is 10.3. The van der Waals surface area contributed by atoms with Gasteiger partial charge in [-0.25, -0.2) is 9.97 Å². The van der Waals surface area contributed by atoms with E-state index in [-0.39, 0.29) is 0 Å². The fourth-order valence-electron chi connectivity index (χ4n) is 3.09. The average molecular weight is 292 g/mol. The van der Waals surface area contributed by atoms with Gasteiger partial charge in [0.25, 0.3) is 0 Å². The predicted octanol–water partition coefficient (Wildman–Crippen LogP) is 2.18. The lowest BCUT2D eigenvalue weighted by Crippen LogP contribution is -2.31. The number of hydrogen-bond donors (Lipinski definition) is 2. The topological polar surface area (TPSA) is 68.3 Å². The van der Waals surface area contributed by atoms with Gasteiger partial charge in [0.15, 0.2) is 5.82 Å². The first-order valence-corrected chi connectivity index (χ1v) is 7.81. The number of hydrogen-bond acceptors (Lipinski definition) is 6. The van der Waals surface area contributed by atoms with Crippen molar-refractivity contribution in [1.82, 2.24) is 9.97 Å². The molecule has 0 radical (unpaired) electrons. The van der Waals surface area contributed by atoms with Crippen LogP contribution >= 0.6 is 0 Å². The van der Waals surface area contributed by atoms with Crippen molar-refractivity contribution in [3.05, 3.63) is 11.9 Å². The first kappa shape index (κ1) is 14.5. The predicted molar refractivity (Wildman–Crippen MR) is 81.4 cm³/mol. The lowest BCUT2D eigenvalue weighted by atomic mass is 9.95. The van der Waals surface area contributed by atoms with Gasteiger partial charge in [-0.3, -0.25) is 0 Å². The molecule has 3 rings (SSSR count). The normalized spacial score (nSPS) is 27.0. The number of nitrogens with one attached hydrogen (secondary N) is 2. The number of rotatable bonds is 7. The maximum Gasteiger partial charge on any atom is 0.158 e. The molecule has 3 unspecified atom stereocenters. The molecule has 6 nitrogen and oxygen atoms in total. The first-order valence-electron chi connectivity index (χ1n) is 7.81. The van der Waals surface area contributed by atoms with Crippen molar-refractivity contribution in [3.8, 4) is 0 Å². The number of aromatic nitrogens is 2. The van der Waals surface area contributed by atoms with Crippen molar-refractivity contribution in [2.45, 2.75) is 57.5 Å². The van der Waals surface area contributed by atoms with Crippen LogP contribution in [0.2, 0.25) is 0 Å². The molecule has 2 saturated heterocycles. The highest BCUT2D eigenvalue weighted by atomic mass is 16.5. The molecule has 6 heteroatoms. The summed E-state index contributed by atoms with van der Waals surface area (Å²) < 4.78 is 11.0. The Bertz CT molecular complexity index is 483. The number of anilines is 2. The second-order valence-electron chi connectivity index (χ2n) is 5.77. The van der Waals surface area contributed by atoms with Gasteiger partial charge in [0, 0.05) is 19.7 Å². The van der Waals surface area contributed by atoms with Gasteiger partial charge < -0.3 is 20.1 Å². The minimum absolute atomic E-state index is 0.336. The Kier molecular flexibility index (Phi) is 4.55. The Labute approximate surface area is 125 Å². The summed E-state index contributed by atoms with van der Waals surface area (Å²) in [6.45, 7) is 3.46. The van der Waals surface area contributed by atoms with Gasteiger partial charge in [0.1, 0.15) is 18.2 Å². The molecule has 2 N–H and O–H groups in total. The molecule has 3 atom stereocenters. The van der Waals surface area contributed by atoms with E-state index in [1.165, 1.54) is 6.42 Å². The molecular formula is C15H24N4O2. The van der Waals surface area contributed by atoms with Crippen LogP contribution in [0.4, 0.5) is 11.6 Å². The van der Waals surface area contributed by atoms with Crippen molar-refractivity contribution >= 4 is 11.6 Å². The van der Waals surface area contributed by atoms with E-state index in [0.717, 1.165) is 37.4 Å². The lowest BCUT2D eigenvalue weighted by Gasteiger charge is -2.21. The summed E-state index contributed by atoms with van der Waals surface area (Å²) in [7, 11) is 1.66. The zero-order valence-corrected chi connectivity index (χ0v) is 12.8. The van der Waals surface area contributed by atoms with Crippen molar-refractivity contribution in [2.24, 2.45) is 0 Å². The van der Waals surface area contributed by atoms with E-state index in [4.69, 9.17) is 9.47 Å². The van der Waals surface area contributed by atoms with Crippen molar-refractivity contribution in [3.63, 3.8) is 0 Å². The summed E-state index contributed by atoms with van der Waals surface area (Å²) in [4.78, 5) is 9.00. The van der Waals surface area contributed by atoms with Gasteiger partial charge in [-0.05, 0) is 25.7 Å². The van der Waals surface area contributed by atoms with E-state index >= 15 is 0 Å². The van der Waals surface area contributed by atoms with Gasteiger partial charge in [0.05, 0.1) is 18.2 Å². The molecule has 0 aliphatic carbocycles. The third-order valence-corrected chi connectivity index (χ3v) is 4.04. The summed E-state index contributed by atoms with van der Waals surface area (Å²) in [6, 6.07) is 2.34. The fourth-order valence-corrected chi connectivity index (χ4v) is 3.09. The molecule has 0 aromatic carbocycles. The monoisotopic (exact) mass is 292 g/mol. The molecule has 0 amide bonds. The zero-order chi connectivity index (χ0) is 14.7. The van der Waals surface area contributed by atoms with Gasteiger partial charge in [-0.1, -0.05) is 6.92 Å². The molecule has 0 saturated carbocycles. The molecule has 116 valence electrons. The van der Waals surface area contributed by atoms with Crippen LogP contribution in [0.25, 0.3) is 0 Å². The highest BCUT2D eigenvalue weighted by Crippen LogP contribution is 2.35. The lowest BCUT2D eigenvalue weighted by molar-refractivity contribution is 0.102. The Morgan fingerprint density at radius 3 is 2.86 bits per heavy atom. The average Bonchev–Trinajstić information content (AvgIpc) is 3.08. The molecular weight excluding hydrogens is 268 g/mol. The van der Waals surface area contributed by atoms with Crippen molar-refractivity contribution in [2.75, 3.05) is 24.3 Å². The Morgan fingerprint density at radius 1 is 1.33 bits per heavy atom. The second-order valence-corrected chi connectivity index (χ2v) is 5.77. The van der Waals surface area contributed by atoms with Crippen LogP contribution in [0.5, 0.6) is 0 Å². The maximum absolute atomic E-state index is 5.88. The molecule has 2 aliphatic rings. The quantitative estimate of drug-likeness (QED) is 0.803. The van der Waals surface area contributed by atoms with Crippen LogP contribution in [0.15, 0.2) is 6.07 Å². The third kappa shape index (κ3) is 3.44. The summed E-state index contributed by atoms with van der Waals surface area (Å²) >= 11 is 0. The number of methoxy groups -OCH3 is 1. The molecule has 2 aliphatic heterocycles. The van der Waals surface area contributed by atoms with E-state index in [9.17, 15) is 0 Å². The zero-order valence-electron chi connectivity index (χ0n) is 12.8. The highest BCUT2D eigenvalue weighted by molar-refractivity contribution is 5.48. The molecule has 2 bridgehead atoms. The largest absolute Gasteiger partial charge is 0.377 e. The molecule has 1 aromatic rings. The van der Waals surface area contributed by atoms with Gasteiger partial charge in [-0.2, -0.15) is 0 Å². The smallest absolute Gasteiger partial charge is 0.158 e. The second kappa shape index (κ2) is 6.58. The standard InChI is InChI=1S/C15H24N4O2/c1-3-6-16-13-8-14(19-15(18-13)9-20-2)17-11-7-10-4-5-12(11)21-10/h8,10-12H,3-7,9H2,1-2H3,(H2,16,17,18,19). The molecule has 2 fully saturated rings. The van der Waals surface area contributed by atoms with Crippen LogP contribution in [0.1, 0.15) is 38.4 Å². The van der Waals surface area contributed by atoms with Crippen LogP contribution in [0, 0.1) is 0 Å². The fraction of sp³-hybridized carbons (Fsp3) is 0.733. The van der Waals surface area contributed by atoms with Crippen molar-refractivity contribution < 1.29 is 9.47 Å². The summed E-state index contributed by atoms with van der Waals surface area (Å²) in [5.74, 6) is 2.41. The molecule has 1 aromatic heterocycles. The Morgan fingerprint density at radius 2 is 2.19 bits per heavy atom. The van der Waals surface area contributed by atoms with Crippen LogP contribution in [-0.2, 0) is 16.1 Å². The molecule has 0 spiro atoms. The van der Waals surface area contributed by atoms with Gasteiger partial charge in [-0.15, -0.1) is 0 Å². The highest BCUT2D eigenvalue weighted by Gasteiger charge is 2.40. The SMILES string of the molecule is CCCNc1cc(NC2CC3CCC2O3)nc(COC)n1. The number of fused-ring (bicyclic) bond motifs is 2. The maximum atomic E-state index is 5.88. The number of ether oxygens (including phenoxy) is 2. The minimum Gasteiger partial charge on any atom is -0.377 e. The van der Waals surface area contributed by atoms with E-state index in [2.05, 4.69) is 27.5 Å². The van der Waals surface area contributed by atoms with E-state index < -0.39 is 0 Å². The molecule has 21 heavy (non-hydrogen) atoms. The van der Waals surface area contributed by atoms with Gasteiger partial charge in [0.2, 0.25) is 0 Å². The Balaban J connectivity index is 1.71. The summed E-state index contributed by atoms with van der Waals surface area (Å²) in [6.07, 6.45) is 5.26. The van der Waals surface area contributed by atoms with Gasteiger partial charge >= 0.3 is 0 Å². The van der Waals surface area contributed by atoms with Crippen molar-refractivity contribution in [1.29, 1.82) is 0 Å².